The molecule has 5 N–H and O–H groups in total. The van der Waals surface area contributed by atoms with E-state index in [-0.39, 0.29) is 60.8 Å². The molecule has 0 fully saturated rings. The van der Waals surface area contributed by atoms with Crippen LogP contribution < -0.4 is 21.7 Å². The van der Waals surface area contributed by atoms with Gasteiger partial charge in [-0.1, -0.05) is 120 Å². The predicted octanol–water partition coefficient (Wildman–Crippen LogP) is 6.42. The van der Waals surface area contributed by atoms with Crippen molar-refractivity contribution >= 4 is 40.9 Å². The summed E-state index contributed by atoms with van der Waals surface area (Å²) in [5.41, 5.74) is 5.65. The van der Waals surface area contributed by atoms with Crippen LogP contribution in [0, 0.1) is 35.5 Å². The molecule has 0 unspecified atom stereocenters. The van der Waals surface area contributed by atoms with Gasteiger partial charge < -0.3 is 21.7 Å². The first-order valence-corrected chi connectivity index (χ1v) is 20.5. The fraction of sp³-hybridized carbons (Fsp3) is 0.833. The molecule has 6 atom stereocenters. The lowest BCUT2D eigenvalue weighted by Crippen LogP contribution is -2.51. The summed E-state index contributed by atoms with van der Waals surface area (Å²) in [5.74, 6) is -5.77. The van der Waals surface area contributed by atoms with Crippen molar-refractivity contribution in [2.45, 2.75) is 183 Å². The van der Waals surface area contributed by atoms with Crippen molar-refractivity contribution in [2.75, 3.05) is 7.05 Å². The number of hydrogen-bond donors (Lipinski definition) is 4. The number of nitrogens with two attached hydrogens (primary N) is 1. The van der Waals surface area contributed by atoms with Crippen LogP contribution in [-0.2, 0) is 33.6 Å². The molecular formula is C42H76N4O7. The topological polar surface area (TPSA) is 182 Å². The molecule has 0 heterocycles. The minimum atomic E-state index is -0.960. The van der Waals surface area contributed by atoms with Crippen LogP contribution in [0.4, 0.5) is 0 Å². The highest BCUT2D eigenvalue weighted by atomic mass is 16.2. The lowest BCUT2D eigenvalue weighted by molar-refractivity contribution is -0.137. The summed E-state index contributed by atoms with van der Waals surface area (Å²) in [7, 11) is 1.67. The fourth-order valence-electron chi connectivity index (χ4n) is 6.51. The van der Waals surface area contributed by atoms with Crippen LogP contribution in [0.5, 0.6) is 0 Å². The zero-order valence-electron chi connectivity index (χ0n) is 34.9. The Bertz CT molecular complexity index is 1150. The Kier molecular flexibility index (Phi) is 26.1. The van der Waals surface area contributed by atoms with Crippen LogP contribution in [0.25, 0.3) is 0 Å². The maximum atomic E-state index is 13.7. The summed E-state index contributed by atoms with van der Waals surface area (Å²) >= 11 is 0. The molecule has 11 heteroatoms. The molecule has 0 aliphatic rings. The lowest BCUT2D eigenvalue weighted by Gasteiger charge is -2.29. The molecule has 11 nitrogen and oxygen atoms in total. The summed E-state index contributed by atoms with van der Waals surface area (Å²) in [5, 5.41) is 8.50. The van der Waals surface area contributed by atoms with E-state index in [0.29, 0.717) is 6.42 Å². The molecule has 0 aliphatic heterocycles. The molecule has 0 rings (SSSR count). The predicted molar refractivity (Wildman–Crippen MR) is 212 cm³/mol. The fourth-order valence-corrected chi connectivity index (χ4v) is 6.51. The van der Waals surface area contributed by atoms with E-state index in [9.17, 15) is 33.6 Å². The van der Waals surface area contributed by atoms with E-state index < -0.39 is 59.4 Å². The van der Waals surface area contributed by atoms with Gasteiger partial charge in [0, 0.05) is 43.9 Å². The number of likely N-dealkylation sites (N-methyl/N-ethyl adjacent to an activating group) is 1. The Morgan fingerprint density at radius 2 is 0.981 bits per heavy atom. The Morgan fingerprint density at radius 1 is 0.528 bits per heavy atom. The van der Waals surface area contributed by atoms with Crippen LogP contribution in [0.3, 0.4) is 0 Å². The maximum absolute atomic E-state index is 13.7. The molecule has 53 heavy (non-hydrogen) atoms. The lowest BCUT2D eigenvalue weighted by atomic mass is 9.84. The molecule has 0 spiro atoms. The van der Waals surface area contributed by atoms with Gasteiger partial charge in [-0.25, -0.2) is 0 Å². The van der Waals surface area contributed by atoms with Gasteiger partial charge in [0.15, 0.2) is 11.6 Å². The highest BCUT2D eigenvalue weighted by molar-refractivity contribution is 5.97. The van der Waals surface area contributed by atoms with Crippen LogP contribution in [0.1, 0.15) is 165 Å². The van der Waals surface area contributed by atoms with E-state index in [1.54, 1.807) is 48.6 Å². The number of amides is 3. The largest absolute Gasteiger partial charge is 0.369 e. The van der Waals surface area contributed by atoms with Crippen molar-refractivity contribution in [1.29, 1.82) is 0 Å². The second-order valence-corrected chi connectivity index (χ2v) is 16.4. The van der Waals surface area contributed by atoms with Gasteiger partial charge in [-0.05, 0) is 38.1 Å². The number of nitrogens with one attached hydrogen (secondary N) is 3. The molecule has 306 valence electrons. The summed E-state index contributed by atoms with van der Waals surface area (Å²) in [6, 6.07) is -2.20. The van der Waals surface area contributed by atoms with E-state index in [0.717, 1.165) is 25.7 Å². The van der Waals surface area contributed by atoms with Gasteiger partial charge in [-0.2, -0.15) is 0 Å². The number of carbonyl (C=O) groups is 7. The van der Waals surface area contributed by atoms with Crippen LogP contribution in [0.15, 0.2) is 0 Å². The highest BCUT2D eigenvalue weighted by Gasteiger charge is 2.35. The van der Waals surface area contributed by atoms with Gasteiger partial charge in [0.2, 0.25) is 17.7 Å². The van der Waals surface area contributed by atoms with Gasteiger partial charge in [0.1, 0.15) is 11.6 Å². The SMILES string of the molecule is CCCCCCCCCCCCCC(=O)C[C@H](CC(=O)[C@@H](NC(=O)[C@@H](CC(=O)[C@@H](NC(=O)[C@H](C)CC(=O)[C@H](C)NC)C(C)C)C(C)C)C(C)C)C(N)=O. The molecule has 0 saturated heterocycles. The summed E-state index contributed by atoms with van der Waals surface area (Å²) in [6.07, 6.45) is 12.7. The summed E-state index contributed by atoms with van der Waals surface area (Å²) in [4.78, 5) is 91.3. The van der Waals surface area contributed by atoms with E-state index in [2.05, 4.69) is 22.9 Å². The number of Topliss-reactive ketones (excluding diaryl/α,β-unsaturated/α-hetero) is 4. The summed E-state index contributed by atoms with van der Waals surface area (Å²) in [6.45, 7) is 16.4. The van der Waals surface area contributed by atoms with Gasteiger partial charge >= 0.3 is 0 Å². The van der Waals surface area contributed by atoms with E-state index in [1.807, 2.05) is 13.8 Å². The second-order valence-electron chi connectivity index (χ2n) is 16.4. The van der Waals surface area contributed by atoms with Crippen LogP contribution >= 0.6 is 0 Å². The maximum Gasteiger partial charge on any atom is 0.224 e. The first kappa shape index (κ1) is 50.1. The standard InChI is InChI=1S/C42H76N4O7/c1-11-12-13-14-15-16-17-18-19-20-21-22-33(47)24-32(40(43)51)25-36(49)38(28(4)5)46-42(53)34(27(2)3)26-37(50)39(29(6)7)45-41(52)30(8)23-35(48)31(9)44-10/h27-32,34,38-39,44H,11-26H2,1-10H3,(H2,43,51)(H,45,52)(H,46,53)/t30-,31+,32-,34+,38+,39+/m1/s1. The molecule has 0 bridgehead atoms. The number of carbonyl (C=O) groups excluding carboxylic acids is 7. The third kappa shape index (κ3) is 20.9. The molecular weight excluding hydrogens is 672 g/mol. The Labute approximate surface area is 321 Å². The Hall–Kier alpha value is -2.95. The van der Waals surface area contributed by atoms with E-state index >= 15 is 0 Å². The number of rotatable bonds is 32. The minimum absolute atomic E-state index is 0.0264. The highest BCUT2D eigenvalue weighted by Crippen LogP contribution is 2.22. The van der Waals surface area contributed by atoms with Crippen molar-refractivity contribution in [3.05, 3.63) is 0 Å². The first-order chi connectivity index (χ1) is 24.9. The van der Waals surface area contributed by atoms with Crippen molar-refractivity contribution in [1.82, 2.24) is 16.0 Å². The van der Waals surface area contributed by atoms with Crippen molar-refractivity contribution in [3.8, 4) is 0 Å². The number of ketones is 4. The molecule has 0 saturated carbocycles. The molecule has 0 aromatic heterocycles. The average molecular weight is 749 g/mol. The molecule has 0 aromatic rings. The van der Waals surface area contributed by atoms with Crippen molar-refractivity contribution in [3.63, 3.8) is 0 Å². The average Bonchev–Trinajstić information content (AvgIpc) is 3.08. The van der Waals surface area contributed by atoms with Gasteiger partial charge in [-0.15, -0.1) is 0 Å². The third-order valence-electron chi connectivity index (χ3n) is 10.4. The molecule has 0 radical (unpaired) electrons. The van der Waals surface area contributed by atoms with Crippen molar-refractivity contribution < 1.29 is 33.6 Å². The zero-order valence-corrected chi connectivity index (χ0v) is 34.9. The van der Waals surface area contributed by atoms with E-state index in [1.165, 1.54) is 44.9 Å². The smallest absolute Gasteiger partial charge is 0.224 e. The minimum Gasteiger partial charge on any atom is -0.369 e. The van der Waals surface area contributed by atoms with Gasteiger partial charge in [0.05, 0.1) is 24.0 Å². The molecule has 0 aromatic carbocycles. The Balaban J connectivity index is 5.29. The first-order valence-electron chi connectivity index (χ1n) is 20.5. The monoisotopic (exact) mass is 749 g/mol. The van der Waals surface area contributed by atoms with Gasteiger partial charge in [-0.3, -0.25) is 33.6 Å². The number of hydrogen-bond acceptors (Lipinski definition) is 8. The third-order valence-corrected chi connectivity index (χ3v) is 10.4. The second kappa shape index (κ2) is 27.6. The number of unbranched alkanes of at least 4 members (excludes halogenated alkanes) is 10. The molecule has 3 amide bonds. The van der Waals surface area contributed by atoms with Crippen LogP contribution in [0.2, 0.25) is 0 Å². The van der Waals surface area contributed by atoms with Gasteiger partial charge in [0.25, 0.3) is 0 Å². The zero-order chi connectivity index (χ0) is 40.7. The van der Waals surface area contributed by atoms with Crippen molar-refractivity contribution in [2.24, 2.45) is 41.2 Å². The Morgan fingerprint density at radius 3 is 1.42 bits per heavy atom. The quantitative estimate of drug-likeness (QED) is 0.0569. The van der Waals surface area contributed by atoms with Crippen LogP contribution in [-0.4, -0.2) is 66.0 Å². The number of primary amides is 1. The normalized spacial score (nSPS) is 15.0. The summed E-state index contributed by atoms with van der Waals surface area (Å²) < 4.78 is 0. The molecule has 0 aliphatic carbocycles. The van der Waals surface area contributed by atoms with E-state index in [4.69, 9.17) is 5.73 Å².